The Kier molecular flexibility index (Phi) is 7.78. The van der Waals surface area contributed by atoms with Gasteiger partial charge >= 0.3 is 5.97 Å². The first-order valence-corrected chi connectivity index (χ1v) is 11.5. The summed E-state index contributed by atoms with van der Waals surface area (Å²) >= 11 is 0. The van der Waals surface area contributed by atoms with Crippen molar-refractivity contribution in [2.24, 2.45) is 11.8 Å². The van der Waals surface area contributed by atoms with E-state index in [1.807, 2.05) is 24.3 Å². The Morgan fingerprint density at radius 1 is 1.29 bits per heavy atom. The van der Waals surface area contributed by atoms with Crippen molar-refractivity contribution in [2.75, 3.05) is 26.7 Å². The number of fused-ring (bicyclic) bond motifs is 1. The van der Waals surface area contributed by atoms with Gasteiger partial charge in [-0.2, -0.15) is 0 Å². The summed E-state index contributed by atoms with van der Waals surface area (Å²) in [6, 6.07) is 7.47. The first kappa shape index (κ1) is 23.7. The molecule has 1 unspecified atom stereocenters. The number of hydrogen-bond donors (Lipinski definition) is 2. The lowest BCUT2D eigenvalue weighted by atomic mass is 9.79. The fourth-order valence-corrected chi connectivity index (χ4v) is 4.74. The fraction of sp³-hybridized carbons (Fsp3) is 0.423. The summed E-state index contributed by atoms with van der Waals surface area (Å²) in [4.78, 5) is 22.1. The molecule has 3 aromatic rings. The number of carboxylic acids is 1. The minimum absolute atomic E-state index is 0.0104. The number of methoxy groups -OCH3 is 1. The van der Waals surface area contributed by atoms with E-state index >= 15 is 0 Å². The number of oxazole rings is 1. The first-order valence-electron chi connectivity index (χ1n) is 11.5. The molecule has 0 radical (unpaired) electrons. The Morgan fingerprint density at radius 3 is 2.94 bits per heavy atom. The van der Waals surface area contributed by atoms with E-state index in [2.05, 4.69) is 26.7 Å². The van der Waals surface area contributed by atoms with E-state index in [0.717, 1.165) is 35.9 Å². The number of likely N-dealkylation sites (tertiary alicyclic amines) is 1. The van der Waals surface area contributed by atoms with Gasteiger partial charge in [0.25, 0.3) is 5.89 Å². The van der Waals surface area contributed by atoms with E-state index in [0.29, 0.717) is 31.2 Å². The molecule has 1 fully saturated rings. The van der Waals surface area contributed by atoms with Crippen molar-refractivity contribution >= 4 is 16.9 Å². The second-order valence-corrected chi connectivity index (χ2v) is 8.66. The number of piperidine rings is 1. The largest absolute Gasteiger partial charge is 0.497 e. The standard InChI is InChI=1S/C26H29N3O5/c1-33-20-5-6-23-22(16-20)21(8-10-27-23)24(30)7-4-18-9-13-29(17-19(18)15-26(31)32)12-2-3-25-28-11-14-34-25/h5-6,8,10-11,14,16,18-19,24,30H,4,7,9,12-13,15,17H2,1H3,(H,31,32)/t18-,19+,24?/m1/s1. The first-order chi connectivity index (χ1) is 16.5. The minimum Gasteiger partial charge on any atom is -0.497 e. The monoisotopic (exact) mass is 463 g/mol. The highest BCUT2D eigenvalue weighted by molar-refractivity contribution is 5.83. The highest BCUT2D eigenvalue weighted by Crippen LogP contribution is 2.34. The Bertz CT molecular complexity index is 1170. The number of aliphatic hydroxyl groups is 1. The second-order valence-electron chi connectivity index (χ2n) is 8.66. The van der Waals surface area contributed by atoms with E-state index < -0.39 is 12.1 Å². The smallest absolute Gasteiger partial charge is 0.303 e. The molecule has 0 amide bonds. The van der Waals surface area contributed by atoms with Crippen LogP contribution < -0.4 is 4.74 Å². The van der Waals surface area contributed by atoms with Crippen LogP contribution in [0.4, 0.5) is 0 Å². The number of benzene rings is 1. The SMILES string of the molecule is COc1ccc2nccc(C(O)CC[C@@H]3CCN(CC#Cc4ncco4)C[C@@H]3CC(=O)O)c2c1. The molecule has 1 saturated heterocycles. The van der Waals surface area contributed by atoms with Crippen LogP contribution in [0.1, 0.15) is 43.2 Å². The zero-order chi connectivity index (χ0) is 23.9. The molecule has 0 bridgehead atoms. The lowest BCUT2D eigenvalue weighted by Crippen LogP contribution is -2.41. The Hall–Kier alpha value is -3.41. The number of rotatable bonds is 8. The molecule has 3 heterocycles. The summed E-state index contributed by atoms with van der Waals surface area (Å²) in [5, 5.41) is 21.3. The third-order valence-electron chi connectivity index (χ3n) is 6.49. The number of hydrogen-bond acceptors (Lipinski definition) is 7. The van der Waals surface area contributed by atoms with Gasteiger partial charge in [-0.15, -0.1) is 0 Å². The van der Waals surface area contributed by atoms with Gasteiger partial charge in [-0.1, -0.05) is 5.92 Å². The van der Waals surface area contributed by atoms with Crippen LogP contribution in [0.3, 0.4) is 0 Å². The molecule has 8 heteroatoms. The van der Waals surface area contributed by atoms with Crippen LogP contribution in [0.25, 0.3) is 10.9 Å². The van der Waals surface area contributed by atoms with Crippen LogP contribution in [0.2, 0.25) is 0 Å². The maximum absolute atomic E-state index is 11.5. The molecule has 178 valence electrons. The quantitative estimate of drug-likeness (QED) is 0.489. The highest BCUT2D eigenvalue weighted by atomic mass is 16.5. The third-order valence-corrected chi connectivity index (χ3v) is 6.49. The van der Waals surface area contributed by atoms with Gasteiger partial charge in [-0.05, 0) is 73.4 Å². The summed E-state index contributed by atoms with van der Waals surface area (Å²) in [6.07, 6.45) is 6.38. The van der Waals surface area contributed by atoms with Crippen LogP contribution in [-0.2, 0) is 4.79 Å². The van der Waals surface area contributed by atoms with Crippen molar-refractivity contribution in [3.05, 3.63) is 54.4 Å². The maximum Gasteiger partial charge on any atom is 0.303 e. The van der Waals surface area contributed by atoms with Gasteiger partial charge in [0.15, 0.2) is 0 Å². The molecule has 8 nitrogen and oxygen atoms in total. The summed E-state index contributed by atoms with van der Waals surface area (Å²) in [5.41, 5.74) is 1.62. The predicted molar refractivity (Wildman–Crippen MR) is 126 cm³/mol. The summed E-state index contributed by atoms with van der Waals surface area (Å²) in [7, 11) is 1.61. The Labute approximate surface area is 198 Å². The zero-order valence-corrected chi connectivity index (χ0v) is 19.2. The molecule has 1 aliphatic rings. The average Bonchev–Trinajstić information content (AvgIpc) is 3.36. The molecular weight excluding hydrogens is 434 g/mol. The topological polar surface area (TPSA) is 109 Å². The van der Waals surface area contributed by atoms with Gasteiger partial charge < -0.3 is 19.4 Å². The molecule has 3 atom stereocenters. The van der Waals surface area contributed by atoms with E-state index in [4.69, 9.17) is 9.15 Å². The van der Waals surface area contributed by atoms with Crippen LogP contribution in [0.15, 0.2) is 47.3 Å². The van der Waals surface area contributed by atoms with Crippen LogP contribution in [0.5, 0.6) is 5.75 Å². The van der Waals surface area contributed by atoms with E-state index in [1.165, 1.54) is 6.26 Å². The number of ether oxygens (including phenoxy) is 1. The normalized spacial score (nSPS) is 19.4. The number of carbonyl (C=O) groups is 1. The fourth-order valence-electron chi connectivity index (χ4n) is 4.74. The van der Waals surface area contributed by atoms with Crippen molar-refractivity contribution < 1.29 is 24.2 Å². The molecule has 0 spiro atoms. The molecule has 2 N–H and O–H groups in total. The van der Waals surface area contributed by atoms with Gasteiger partial charge in [0.2, 0.25) is 0 Å². The zero-order valence-electron chi connectivity index (χ0n) is 19.2. The lowest BCUT2D eigenvalue weighted by molar-refractivity contribution is -0.139. The highest BCUT2D eigenvalue weighted by Gasteiger charge is 2.31. The average molecular weight is 464 g/mol. The van der Waals surface area contributed by atoms with Gasteiger partial charge in [-0.3, -0.25) is 14.7 Å². The number of carboxylic acid groups (broad SMARTS) is 1. The van der Waals surface area contributed by atoms with E-state index in [9.17, 15) is 15.0 Å². The molecule has 0 saturated carbocycles. The summed E-state index contributed by atoms with van der Waals surface area (Å²) in [6.45, 7) is 2.05. The van der Waals surface area contributed by atoms with Gasteiger partial charge in [-0.25, -0.2) is 4.98 Å². The predicted octanol–water partition coefficient (Wildman–Crippen LogP) is 3.51. The van der Waals surface area contributed by atoms with Crippen molar-refractivity contribution in [1.29, 1.82) is 0 Å². The summed E-state index contributed by atoms with van der Waals surface area (Å²) in [5.74, 6) is 6.49. The minimum atomic E-state index is -0.796. The third kappa shape index (κ3) is 5.93. The second kappa shape index (κ2) is 11.1. The maximum atomic E-state index is 11.5. The number of aromatic nitrogens is 2. The molecule has 1 aromatic carbocycles. The molecule has 1 aliphatic heterocycles. The van der Waals surface area contributed by atoms with Gasteiger partial charge in [0, 0.05) is 24.5 Å². The number of aliphatic carboxylic acids is 1. The molecule has 34 heavy (non-hydrogen) atoms. The van der Waals surface area contributed by atoms with Crippen molar-refractivity contribution in [2.45, 2.75) is 31.8 Å². The van der Waals surface area contributed by atoms with E-state index in [1.54, 1.807) is 19.5 Å². The van der Waals surface area contributed by atoms with Crippen molar-refractivity contribution in [1.82, 2.24) is 14.9 Å². The molecule has 4 rings (SSSR count). The number of pyridine rings is 1. The molecule has 0 aliphatic carbocycles. The lowest BCUT2D eigenvalue weighted by Gasteiger charge is -2.37. The van der Waals surface area contributed by atoms with Crippen molar-refractivity contribution in [3.63, 3.8) is 0 Å². The number of aliphatic hydroxyl groups excluding tert-OH is 1. The molecular formula is C26H29N3O5. The van der Waals surface area contributed by atoms with Crippen LogP contribution in [0, 0.1) is 23.7 Å². The molecule has 2 aromatic heterocycles. The van der Waals surface area contributed by atoms with Gasteiger partial charge in [0.1, 0.15) is 12.0 Å². The van der Waals surface area contributed by atoms with E-state index in [-0.39, 0.29) is 18.3 Å². The van der Waals surface area contributed by atoms with Gasteiger partial charge in [0.05, 0.1) is 31.5 Å². The summed E-state index contributed by atoms with van der Waals surface area (Å²) < 4.78 is 10.5. The van der Waals surface area contributed by atoms with Crippen LogP contribution >= 0.6 is 0 Å². The number of nitrogens with zero attached hydrogens (tertiary/aromatic N) is 3. The Morgan fingerprint density at radius 2 is 2.18 bits per heavy atom. The van der Waals surface area contributed by atoms with Crippen molar-refractivity contribution in [3.8, 4) is 17.6 Å². The van der Waals surface area contributed by atoms with Crippen LogP contribution in [-0.4, -0.2) is 57.8 Å². The Balaban J connectivity index is 1.39.